The molecule has 0 saturated carbocycles. The number of esters is 1. The van der Waals surface area contributed by atoms with Crippen LogP contribution in [0, 0.1) is 13.8 Å². The van der Waals surface area contributed by atoms with Crippen molar-refractivity contribution in [1.82, 2.24) is 19.6 Å². The van der Waals surface area contributed by atoms with E-state index >= 15 is 0 Å². The Kier molecular flexibility index (Phi) is 5.91. The molecular weight excluding hydrogens is 370 g/mol. The van der Waals surface area contributed by atoms with E-state index in [0.29, 0.717) is 11.7 Å². The maximum Gasteiger partial charge on any atom is 0.379 e. The largest absolute Gasteiger partial charge is 0.447 e. The first-order valence-corrected chi connectivity index (χ1v) is 9.62. The second kappa shape index (κ2) is 8.38. The average Bonchev–Trinajstić information content (AvgIpc) is 3.12. The molecule has 0 radical (unpaired) electrons. The van der Waals surface area contributed by atoms with E-state index in [1.807, 2.05) is 44.2 Å². The molecule has 29 heavy (non-hydrogen) atoms. The van der Waals surface area contributed by atoms with Crippen molar-refractivity contribution < 1.29 is 14.3 Å². The van der Waals surface area contributed by atoms with Gasteiger partial charge in [-0.15, -0.1) is 5.10 Å². The lowest BCUT2D eigenvalue weighted by atomic mass is 9.97. The first-order chi connectivity index (χ1) is 13.8. The predicted octanol–water partition coefficient (Wildman–Crippen LogP) is 3.44. The highest BCUT2D eigenvalue weighted by atomic mass is 16.5. The van der Waals surface area contributed by atoms with Gasteiger partial charge in [0.25, 0.3) is 17.5 Å². The Morgan fingerprint density at radius 3 is 2.62 bits per heavy atom. The zero-order valence-corrected chi connectivity index (χ0v) is 17.3. The van der Waals surface area contributed by atoms with Crippen LogP contribution in [0.25, 0.3) is 5.78 Å². The molecule has 2 atom stereocenters. The minimum Gasteiger partial charge on any atom is -0.447 e. The van der Waals surface area contributed by atoms with Crippen molar-refractivity contribution in [3.05, 3.63) is 53.1 Å². The number of benzene rings is 1. The van der Waals surface area contributed by atoms with Crippen molar-refractivity contribution in [3.63, 3.8) is 0 Å². The Hall–Kier alpha value is -3.29. The Labute approximate surface area is 169 Å². The first-order valence-electron chi connectivity index (χ1n) is 9.62. The fraction of sp³-hybridized carbons (Fsp3) is 0.381. The van der Waals surface area contributed by atoms with E-state index in [2.05, 4.69) is 34.2 Å². The summed E-state index contributed by atoms with van der Waals surface area (Å²) in [6.45, 7) is 9.39. The van der Waals surface area contributed by atoms with Crippen molar-refractivity contribution in [3.8, 4) is 0 Å². The molecule has 0 aliphatic carbocycles. The van der Waals surface area contributed by atoms with Crippen LogP contribution < -0.4 is 5.32 Å². The van der Waals surface area contributed by atoms with E-state index in [0.717, 1.165) is 29.1 Å². The summed E-state index contributed by atoms with van der Waals surface area (Å²) in [6.07, 6.45) is -0.0564. The molecule has 3 aromatic rings. The van der Waals surface area contributed by atoms with E-state index in [1.54, 1.807) is 0 Å². The van der Waals surface area contributed by atoms with Gasteiger partial charge >= 0.3 is 5.97 Å². The molecule has 1 amide bonds. The molecule has 1 N–H and O–H groups in total. The second-order valence-corrected chi connectivity index (χ2v) is 7.12. The van der Waals surface area contributed by atoms with Crippen LogP contribution in [0.1, 0.15) is 60.7 Å². The van der Waals surface area contributed by atoms with Crippen molar-refractivity contribution >= 4 is 23.3 Å². The monoisotopic (exact) mass is 395 g/mol. The molecule has 0 saturated heterocycles. The van der Waals surface area contributed by atoms with Gasteiger partial charge in [0.15, 0.2) is 6.10 Å². The van der Waals surface area contributed by atoms with Gasteiger partial charge in [-0.25, -0.2) is 14.3 Å². The molecule has 8 heteroatoms. The first kappa shape index (κ1) is 20.4. The second-order valence-electron chi connectivity index (χ2n) is 7.12. The third-order valence-corrected chi connectivity index (χ3v) is 4.82. The molecule has 8 nitrogen and oxygen atoms in total. The van der Waals surface area contributed by atoms with Gasteiger partial charge in [0.05, 0.1) is 0 Å². The average molecular weight is 395 g/mol. The lowest BCUT2D eigenvalue weighted by Crippen LogP contribution is -2.30. The number of fused-ring (bicyclic) bond motifs is 1. The molecule has 0 unspecified atom stereocenters. The van der Waals surface area contributed by atoms with E-state index in [-0.39, 0.29) is 5.82 Å². The van der Waals surface area contributed by atoms with Gasteiger partial charge in [0, 0.05) is 17.1 Å². The van der Waals surface area contributed by atoms with Crippen LogP contribution in [-0.2, 0) is 9.53 Å². The summed E-state index contributed by atoms with van der Waals surface area (Å²) in [7, 11) is 0. The summed E-state index contributed by atoms with van der Waals surface area (Å²) >= 11 is 0. The summed E-state index contributed by atoms with van der Waals surface area (Å²) < 4.78 is 6.75. The van der Waals surface area contributed by atoms with Crippen LogP contribution >= 0.6 is 0 Å². The molecule has 0 spiro atoms. The number of rotatable bonds is 6. The Balaban J connectivity index is 1.72. The number of aromatic nitrogens is 4. The Morgan fingerprint density at radius 1 is 1.17 bits per heavy atom. The molecule has 2 heterocycles. The summed E-state index contributed by atoms with van der Waals surface area (Å²) in [5.41, 5.74) is 3.33. The van der Waals surface area contributed by atoms with Crippen LogP contribution in [0.15, 0.2) is 30.3 Å². The molecule has 1 aromatic carbocycles. The minimum absolute atomic E-state index is 0.133. The summed E-state index contributed by atoms with van der Waals surface area (Å²) in [5, 5.41) is 6.99. The van der Waals surface area contributed by atoms with Gasteiger partial charge in [-0.05, 0) is 50.8 Å². The zero-order valence-electron chi connectivity index (χ0n) is 17.3. The number of anilines is 1. The number of nitrogens with zero attached hydrogens (tertiary/aromatic N) is 4. The number of aryl methyl sites for hydroxylation is 2. The normalized spacial score (nSPS) is 13.1. The van der Waals surface area contributed by atoms with E-state index < -0.39 is 18.0 Å². The number of carbonyl (C=O) groups excluding carboxylic acids is 2. The van der Waals surface area contributed by atoms with Gasteiger partial charge in [-0.1, -0.05) is 32.0 Å². The topological polar surface area (TPSA) is 98.5 Å². The van der Waals surface area contributed by atoms with Gasteiger partial charge in [-0.3, -0.25) is 4.79 Å². The van der Waals surface area contributed by atoms with Crippen LogP contribution in [0.3, 0.4) is 0 Å². The standard InChI is InChI=1S/C21H25N5O3/c1-6-12(2)16-9-7-8-10-17(16)23-19(27)15(5)29-20(28)18-24-21-22-13(3)11-14(4)26(21)25-18/h7-12,15H,6H2,1-5H3,(H,23,27)/t12-,15-/m0/s1. The van der Waals surface area contributed by atoms with E-state index in [9.17, 15) is 9.59 Å². The quantitative estimate of drug-likeness (QED) is 0.642. The van der Waals surface area contributed by atoms with Crippen LogP contribution in [-0.4, -0.2) is 37.6 Å². The third kappa shape index (κ3) is 4.42. The molecule has 0 aliphatic heterocycles. The number of hydrogen-bond donors (Lipinski definition) is 1. The third-order valence-electron chi connectivity index (χ3n) is 4.82. The number of carbonyl (C=O) groups is 2. The maximum atomic E-state index is 12.6. The van der Waals surface area contributed by atoms with Crippen LogP contribution in [0.2, 0.25) is 0 Å². The van der Waals surface area contributed by atoms with Gasteiger partial charge < -0.3 is 10.1 Å². The highest BCUT2D eigenvalue weighted by molar-refractivity contribution is 5.97. The molecule has 0 bridgehead atoms. The Morgan fingerprint density at radius 2 is 1.90 bits per heavy atom. The lowest BCUT2D eigenvalue weighted by Gasteiger charge is -2.17. The summed E-state index contributed by atoms with van der Waals surface area (Å²) in [6, 6.07) is 9.46. The molecule has 3 rings (SSSR count). The maximum absolute atomic E-state index is 12.6. The lowest BCUT2D eigenvalue weighted by molar-refractivity contribution is -0.123. The summed E-state index contributed by atoms with van der Waals surface area (Å²) in [5.74, 6) is -0.709. The smallest absolute Gasteiger partial charge is 0.379 e. The van der Waals surface area contributed by atoms with Crippen molar-refractivity contribution in [2.24, 2.45) is 0 Å². The SMILES string of the molecule is CC[C@H](C)c1ccccc1NC(=O)[C@H](C)OC(=O)c1nc2nc(C)cc(C)n2n1. The van der Waals surface area contributed by atoms with E-state index in [4.69, 9.17) is 4.74 Å². The fourth-order valence-electron chi connectivity index (χ4n) is 3.01. The van der Waals surface area contributed by atoms with Crippen molar-refractivity contribution in [2.75, 3.05) is 5.32 Å². The minimum atomic E-state index is -1.00. The zero-order chi connectivity index (χ0) is 21.1. The van der Waals surface area contributed by atoms with E-state index in [1.165, 1.54) is 11.4 Å². The summed E-state index contributed by atoms with van der Waals surface area (Å²) in [4.78, 5) is 33.4. The molecule has 0 fully saturated rings. The number of nitrogens with one attached hydrogen (secondary N) is 1. The molecular formula is C21H25N5O3. The van der Waals surface area contributed by atoms with Gasteiger partial charge in [0.2, 0.25) is 0 Å². The van der Waals surface area contributed by atoms with Crippen LogP contribution in [0.5, 0.6) is 0 Å². The van der Waals surface area contributed by atoms with Crippen molar-refractivity contribution in [1.29, 1.82) is 0 Å². The highest BCUT2D eigenvalue weighted by Gasteiger charge is 2.23. The number of amides is 1. The number of hydrogen-bond acceptors (Lipinski definition) is 6. The van der Waals surface area contributed by atoms with Crippen LogP contribution in [0.4, 0.5) is 5.69 Å². The number of para-hydroxylation sites is 1. The molecule has 2 aromatic heterocycles. The van der Waals surface area contributed by atoms with Gasteiger partial charge in [0.1, 0.15) is 0 Å². The van der Waals surface area contributed by atoms with Gasteiger partial charge in [-0.2, -0.15) is 4.98 Å². The molecule has 152 valence electrons. The fourth-order valence-corrected chi connectivity index (χ4v) is 3.01. The van der Waals surface area contributed by atoms with Crippen molar-refractivity contribution in [2.45, 2.75) is 53.1 Å². The number of ether oxygens (including phenoxy) is 1. The Bertz CT molecular complexity index is 1060. The predicted molar refractivity (Wildman–Crippen MR) is 109 cm³/mol. The highest BCUT2D eigenvalue weighted by Crippen LogP contribution is 2.26. The molecule has 0 aliphatic rings.